The van der Waals surface area contributed by atoms with E-state index in [-0.39, 0.29) is 5.69 Å². The first-order valence-electron chi connectivity index (χ1n) is 12.6. The van der Waals surface area contributed by atoms with E-state index in [4.69, 9.17) is 25.3 Å². The van der Waals surface area contributed by atoms with Crippen molar-refractivity contribution >= 4 is 23.1 Å². The molecule has 1 aromatic carbocycles. The maximum absolute atomic E-state index is 12.3. The smallest absolute Gasteiger partial charge is 0.267 e. The molecule has 0 radical (unpaired) electrons. The molecule has 4 heterocycles. The van der Waals surface area contributed by atoms with Gasteiger partial charge in [0.25, 0.3) is 5.91 Å². The van der Waals surface area contributed by atoms with Crippen molar-refractivity contribution in [2.45, 2.75) is 26.3 Å². The van der Waals surface area contributed by atoms with E-state index in [0.717, 1.165) is 34.3 Å². The average molecular weight is 543 g/mol. The van der Waals surface area contributed by atoms with Gasteiger partial charge in [0.05, 0.1) is 42.2 Å². The number of benzene rings is 1. The van der Waals surface area contributed by atoms with Gasteiger partial charge >= 0.3 is 0 Å². The van der Waals surface area contributed by atoms with Crippen LogP contribution in [0.5, 0.6) is 11.5 Å². The summed E-state index contributed by atoms with van der Waals surface area (Å²) in [5.74, 6) is 1.22. The van der Waals surface area contributed by atoms with Crippen LogP contribution in [0.4, 0.5) is 0 Å². The van der Waals surface area contributed by atoms with Gasteiger partial charge in [0.1, 0.15) is 34.9 Å². The van der Waals surface area contributed by atoms with Gasteiger partial charge in [0.15, 0.2) is 5.82 Å². The Hall–Kier alpha value is -5.00. The minimum Gasteiger partial charge on any atom is -0.497 e. The molecule has 4 aromatic heterocycles. The maximum atomic E-state index is 12.3. The highest BCUT2D eigenvalue weighted by Crippen LogP contribution is 2.34. The fourth-order valence-electron chi connectivity index (χ4n) is 4.85. The molecule has 5 aromatic rings. The van der Waals surface area contributed by atoms with Gasteiger partial charge < -0.3 is 24.6 Å². The van der Waals surface area contributed by atoms with E-state index >= 15 is 0 Å². The number of rotatable bonds is 10. The predicted molar refractivity (Wildman–Crippen MR) is 148 cm³/mol. The zero-order chi connectivity index (χ0) is 28.6. The highest BCUT2D eigenvalue weighted by molar-refractivity contribution is 6.00. The highest BCUT2D eigenvalue weighted by atomic mass is 16.5. The summed E-state index contributed by atoms with van der Waals surface area (Å²) in [6.45, 7) is 2.33. The van der Waals surface area contributed by atoms with Crippen LogP contribution in [-0.2, 0) is 31.9 Å². The number of aryl methyl sites for hydroxylation is 4. The van der Waals surface area contributed by atoms with Crippen molar-refractivity contribution in [2.75, 3.05) is 14.2 Å². The molecule has 2 N–H and O–H groups in total. The molecular weight excluding hydrogens is 512 g/mol. The number of methoxy groups -OCH3 is 2. The zero-order valence-corrected chi connectivity index (χ0v) is 23.0. The summed E-state index contributed by atoms with van der Waals surface area (Å²) in [5, 5.41) is 10.0. The first-order chi connectivity index (χ1) is 19.2. The molecule has 12 nitrogen and oxygen atoms in total. The van der Waals surface area contributed by atoms with Gasteiger partial charge in [-0.25, -0.2) is 9.97 Å². The van der Waals surface area contributed by atoms with Gasteiger partial charge in [-0.3, -0.25) is 14.2 Å². The second kappa shape index (κ2) is 10.6. The van der Waals surface area contributed by atoms with Crippen molar-refractivity contribution in [3.63, 3.8) is 0 Å². The van der Waals surface area contributed by atoms with Gasteiger partial charge in [0, 0.05) is 51.3 Å². The van der Waals surface area contributed by atoms with Crippen molar-refractivity contribution in [3.8, 4) is 34.4 Å². The number of primary amides is 1. The highest BCUT2D eigenvalue weighted by Gasteiger charge is 2.24. The summed E-state index contributed by atoms with van der Waals surface area (Å²) in [6, 6.07) is 9.19. The van der Waals surface area contributed by atoms with Gasteiger partial charge in [-0.2, -0.15) is 10.2 Å². The maximum Gasteiger partial charge on any atom is 0.267 e. The van der Waals surface area contributed by atoms with E-state index in [1.54, 1.807) is 29.6 Å². The Morgan fingerprint density at radius 3 is 2.58 bits per heavy atom. The monoisotopic (exact) mass is 542 g/mol. The number of carbonyl (C=O) groups excluding carboxylic acids is 2. The molecule has 12 heteroatoms. The Morgan fingerprint density at radius 2 is 1.88 bits per heavy atom. The normalized spacial score (nSPS) is 11.2. The molecule has 0 unspecified atom stereocenters. The Balaban J connectivity index is 1.69. The van der Waals surface area contributed by atoms with Crippen molar-refractivity contribution in [3.05, 3.63) is 59.2 Å². The third kappa shape index (κ3) is 4.79. The van der Waals surface area contributed by atoms with Gasteiger partial charge in [-0.05, 0) is 25.1 Å². The van der Waals surface area contributed by atoms with E-state index in [9.17, 15) is 9.59 Å². The Kier molecular flexibility index (Phi) is 7.07. The number of amides is 1. The number of imidazole rings is 1. The largest absolute Gasteiger partial charge is 0.497 e. The fourth-order valence-corrected chi connectivity index (χ4v) is 4.85. The fraction of sp³-hybridized carbons (Fsp3) is 0.286. The second-order valence-electron chi connectivity index (χ2n) is 9.45. The van der Waals surface area contributed by atoms with E-state index in [1.165, 1.54) is 0 Å². The van der Waals surface area contributed by atoms with Crippen LogP contribution in [0.2, 0.25) is 0 Å². The number of aldehydes is 1. The van der Waals surface area contributed by atoms with Crippen LogP contribution < -0.4 is 15.2 Å². The molecule has 5 rings (SSSR count). The molecule has 0 bridgehead atoms. The lowest BCUT2D eigenvalue weighted by molar-refractivity contribution is -0.108. The third-order valence-electron chi connectivity index (χ3n) is 6.72. The molecule has 0 aliphatic carbocycles. The Bertz CT molecular complexity index is 1750. The van der Waals surface area contributed by atoms with Crippen LogP contribution >= 0.6 is 0 Å². The summed E-state index contributed by atoms with van der Waals surface area (Å²) >= 11 is 0. The number of fused-ring (bicyclic) bond motifs is 1. The summed E-state index contributed by atoms with van der Waals surface area (Å²) < 4.78 is 16.3. The quantitative estimate of drug-likeness (QED) is 0.265. The molecule has 0 saturated heterocycles. The number of carbonyl (C=O) groups is 2. The van der Waals surface area contributed by atoms with E-state index < -0.39 is 5.91 Å². The second-order valence-corrected chi connectivity index (χ2v) is 9.45. The SMILES string of the molecule is COc1ccc(Cc2nn(C)c3cc(C(N)=O)nc(-c4nc(-c5cc(C)nn5CCC=O)cn4C)c23)c(OC)c1. The van der Waals surface area contributed by atoms with Crippen molar-refractivity contribution in [1.82, 2.24) is 34.1 Å². The van der Waals surface area contributed by atoms with E-state index in [1.807, 2.05) is 56.0 Å². The lowest BCUT2D eigenvalue weighted by Gasteiger charge is -2.10. The summed E-state index contributed by atoms with van der Waals surface area (Å²) in [7, 11) is 6.88. The number of hydrogen-bond acceptors (Lipinski definition) is 8. The number of ether oxygens (including phenoxy) is 2. The number of nitrogens with two attached hydrogens (primary N) is 1. The lowest BCUT2D eigenvalue weighted by Crippen LogP contribution is -2.14. The van der Waals surface area contributed by atoms with Crippen LogP contribution in [0.1, 0.15) is 33.9 Å². The van der Waals surface area contributed by atoms with Gasteiger partial charge in [-0.1, -0.05) is 6.07 Å². The minimum atomic E-state index is -0.653. The molecule has 0 saturated carbocycles. The van der Waals surface area contributed by atoms with Crippen molar-refractivity contribution < 1.29 is 19.1 Å². The predicted octanol–water partition coefficient (Wildman–Crippen LogP) is 2.84. The third-order valence-corrected chi connectivity index (χ3v) is 6.72. The van der Waals surface area contributed by atoms with Crippen LogP contribution in [0.15, 0.2) is 36.5 Å². The lowest BCUT2D eigenvalue weighted by atomic mass is 10.0. The number of hydrogen-bond donors (Lipinski definition) is 1. The molecule has 0 atom stereocenters. The Morgan fingerprint density at radius 1 is 1.07 bits per heavy atom. The molecule has 0 aliphatic heterocycles. The Labute approximate surface area is 230 Å². The number of aromatic nitrogens is 7. The topological polar surface area (TPSA) is 145 Å². The molecule has 0 fully saturated rings. The molecule has 0 aliphatic rings. The minimum absolute atomic E-state index is 0.107. The van der Waals surface area contributed by atoms with Gasteiger partial charge in [-0.15, -0.1) is 0 Å². The summed E-state index contributed by atoms with van der Waals surface area (Å²) in [4.78, 5) is 32.9. The average Bonchev–Trinajstić information content (AvgIpc) is 3.61. The molecule has 1 amide bonds. The van der Waals surface area contributed by atoms with Crippen LogP contribution in [-0.4, -0.2) is 60.5 Å². The first kappa shape index (κ1) is 26.6. The number of pyridine rings is 1. The van der Waals surface area contributed by atoms with E-state index in [2.05, 4.69) is 10.1 Å². The van der Waals surface area contributed by atoms with Crippen molar-refractivity contribution in [1.29, 1.82) is 0 Å². The van der Waals surface area contributed by atoms with Crippen molar-refractivity contribution in [2.24, 2.45) is 19.8 Å². The van der Waals surface area contributed by atoms with E-state index in [0.29, 0.717) is 53.6 Å². The zero-order valence-electron chi connectivity index (χ0n) is 23.0. The van der Waals surface area contributed by atoms with Crippen LogP contribution in [0, 0.1) is 6.92 Å². The summed E-state index contributed by atoms with van der Waals surface area (Å²) in [5.41, 5.74) is 10.8. The molecule has 40 heavy (non-hydrogen) atoms. The standard InChI is InChI=1S/C28H30N8O4/c1-16-11-22(36(32-16)9-6-10-37)21-15-34(2)28(31-21)26-25-19(12-17-7-8-18(39-4)13-24(17)40-5)33-35(3)23(25)14-20(30-26)27(29)38/h7-8,10-11,13-15H,6,9,12H2,1-5H3,(H2,29,38). The van der Waals surface area contributed by atoms with Crippen LogP contribution in [0.3, 0.4) is 0 Å². The molecule has 0 spiro atoms. The van der Waals surface area contributed by atoms with Gasteiger partial charge in [0.2, 0.25) is 0 Å². The molecule has 206 valence electrons. The molecular formula is C28H30N8O4. The number of nitrogens with zero attached hydrogens (tertiary/aromatic N) is 7. The van der Waals surface area contributed by atoms with Crippen LogP contribution in [0.25, 0.3) is 33.8 Å². The first-order valence-corrected chi connectivity index (χ1v) is 12.6. The summed E-state index contributed by atoms with van der Waals surface area (Å²) in [6.07, 6.45) is 3.51.